The predicted molar refractivity (Wildman–Crippen MR) is 77.9 cm³/mol. The third-order valence-corrected chi connectivity index (χ3v) is 5.05. The molecule has 0 aliphatic heterocycles. The van der Waals surface area contributed by atoms with Crippen molar-refractivity contribution in [3.8, 4) is 21.9 Å². The van der Waals surface area contributed by atoms with Crippen molar-refractivity contribution in [2.24, 2.45) is 7.05 Å². The summed E-state index contributed by atoms with van der Waals surface area (Å²) in [7, 11) is 1.77. The summed E-state index contributed by atoms with van der Waals surface area (Å²) in [4.78, 5) is 0.596. The molecule has 2 rings (SSSR count). The number of aryl methyl sites for hydroxylation is 1. The van der Waals surface area contributed by atoms with Gasteiger partial charge in [-0.3, -0.25) is 0 Å². The van der Waals surface area contributed by atoms with E-state index in [1.165, 1.54) is 11.3 Å². The molecule has 1 heterocycles. The molecule has 0 saturated heterocycles. The lowest BCUT2D eigenvalue weighted by molar-refractivity contribution is 0.462. The number of phenolic OH excluding ortho intramolecular Hbond substituents is 2. The van der Waals surface area contributed by atoms with Gasteiger partial charge < -0.3 is 14.8 Å². The summed E-state index contributed by atoms with van der Waals surface area (Å²) in [6.45, 7) is 0. The highest BCUT2D eigenvalue weighted by Gasteiger charge is 2.23. The molecule has 0 bridgehead atoms. The number of hydrogen-bond acceptors (Lipinski definition) is 4. The standard InChI is InChI=1S/C10H6Cl3NO2S2/c1-14-2-3(18-10(14)17)4-5(11)9(16)7(13)6(12)8(4)15/h2,15-16H,1H3. The van der Waals surface area contributed by atoms with E-state index in [0.29, 0.717) is 8.83 Å². The third kappa shape index (κ3) is 2.10. The number of rotatable bonds is 1. The van der Waals surface area contributed by atoms with E-state index in [0.717, 1.165) is 0 Å². The van der Waals surface area contributed by atoms with Gasteiger partial charge in [0.25, 0.3) is 0 Å². The molecule has 0 saturated carbocycles. The van der Waals surface area contributed by atoms with Gasteiger partial charge in [0.05, 0.1) is 15.5 Å². The highest BCUT2D eigenvalue weighted by molar-refractivity contribution is 7.73. The molecule has 96 valence electrons. The van der Waals surface area contributed by atoms with Gasteiger partial charge in [0.2, 0.25) is 0 Å². The summed E-state index contributed by atoms with van der Waals surface area (Å²) in [5.74, 6) is -0.639. The van der Waals surface area contributed by atoms with Crippen LogP contribution in [0.15, 0.2) is 6.20 Å². The summed E-state index contributed by atoms with van der Waals surface area (Å²) < 4.78 is 2.30. The van der Waals surface area contributed by atoms with Gasteiger partial charge in [-0.05, 0) is 12.2 Å². The zero-order chi connectivity index (χ0) is 13.6. The van der Waals surface area contributed by atoms with E-state index in [4.69, 9.17) is 47.0 Å². The van der Waals surface area contributed by atoms with Gasteiger partial charge in [0, 0.05) is 13.2 Å². The molecular formula is C10H6Cl3NO2S2. The van der Waals surface area contributed by atoms with Gasteiger partial charge in [-0.1, -0.05) is 34.8 Å². The van der Waals surface area contributed by atoms with Crippen LogP contribution < -0.4 is 0 Å². The Labute approximate surface area is 127 Å². The van der Waals surface area contributed by atoms with Gasteiger partial charge in [-0.2, -0.15) is 0 Å². The fourth-order valence-electron chi connectivity index (χ4n) is 1.40. The largest absolute Gasteiger partial charge is 0.506 e. The Balaban J connectivity index is 2.83. The van der Waals surface area contributed by atoms with Crippen molar-refractivity contribution < 1.29 is 10.2 Å². The molecule has 0 radical (unpaired) electrons. The molecule has 0 spiro atoms. The van der Waals surface area contributed by atoms with E-state index >= 15 is 0 Å². The van der Waals surface area contributed by atoms with Crippen LogP contribution in [-0.2, 0) is 7.05 Å². The molecule has 2 aromatic rings. The fraction of sp³-hybridized carbons (Fsp3) is 0.100. The molecule has 0 unspecified atom stereocenters. The SMILES string of the molecule is Cn1cc(-c2c(O)c(Cl)c(Cl)c(O)c2Cl)sc1=S. The van der Waals surface area contributed by atoms with Crippen LogP contribution in [0.25, 0.3) is 10.4 Å². The average molecular weight is 343 g/mol. The lowest BCUT2D eigenvalue weighted by Gasteiger charge is -2.10. The molecule has 2 N–H and O–H groups in total. The molecule has 0 fully saturated rings. The average Bonchev–Trinajstić information content (AvgIpc) is 2.64. The Morgan fingerprint density at radius 1 is 1.11 bits per heavy atom. The van der Waals surface area contributed by atoms with Crippen molar-refractivity contribution in [1.29, 1.82) is 0 Å². The van der Waals surface area contributed by atoms with Crippen LogP contribution in [0.5, 0.6) is 11.5 Å². The van der Waals surface area contributed by atoms with E-state index < -0.39 is 0 Å². The third-order valence-electron chi connectivity index (χ3n) is 2.32. The Morgan fingerprint density at radius 2 is 1.67 bits per heavy atom. The van der Waals surface area contributed by atoms with Crippen LogP contribution in [0.2, 0.25) is 15.1 Å². The van der Waals surface area contributed by atoms with Gasteiger partial charge in [0.1, 0.15) is 15.8 Å². The minimum atomic E-state index is -0.363. The summed E-state index contributed by atoms with van der Waals surface area (Å²) in [5.41, 5.74) is 0.222. The molecular weight excluding hydrogens is 337 g/mol. The molecule has 0 amide bonds. The van der Waals surface area contributed by atoms with E-state index in [9.17, 15) is 10.2 Å². The summed E-state index contributed by atoms with van der Waals surface area (Å²) >= 11 is 23.9. The Kier molecular flexibility index (Phi) is 3.80. The second-order valence-corrected chi connectivity index (χ2v) is 6.30. The van der Waals surface area contributed by atoms with Crippen molar-refractivity contribution >= 4 is 58.4 Å². The molecule has 3 nitrogen and oxygen atoms in total. The zero-order valence-electron chi connectivity index (χ0n) is 8.87. The normalized spacial score (nSPS) is 10.9. The van der Waals surface area contributed by atoms with Gasteiger partial charge >= 0.3 is 0 Å². The molecule has 1 aromatic heterocycles. The van der Waals surface area contributed by atoms with Crippen molar-refractivity contribution in [2.45, 2.75) is 0 Å². The second kappa shape index (κ2) is 4.90. The van der Waals surface area contributed by atoms with Gasteiger partial charge in [-0.15, -0.1) is 11.3 Å². The van der Waals surface area contributed by atoms with Crippen LogP contribution in [0.4, 0.5) is 0 Å². The summed E-state index contributed by atoms with van der Waals surface area (Å²) in [5, 5.41) is 19.4. The number of aromatic nitrogens is 1. The van der Waals surface area contributed by atoms with E-state index in [-0.39, 0.29) is 32.1 Å². The van der Waals surface area contributed by atoms with Crippen molar-refractivity contribution in [2.75, 3.05) is 0 Å². The fourth-order valence-corrected chi connectivity index (χ4v) is 3.37. The lowest BCUT2D eigenvalue weighted by Crippen LogP contribution is -1.85. The number of halogens is 3. The van der Waals surface area contributed by atoms with Crippen molar-refractivity contribution in [3.05, 3.63) is 25.2 Å². The van der Waals surface area contributed by atoms with Crippen LogP contribution >= 0.6 is 58.4 Å². The topological polar surface area (TPSA) is 45.4 Å². The molecule has 0 aliphatic rings. The molecule has 18 heavy (non-hydrogen) atoms. The molecule has 8 heteroatoms. The van der Waals surface area contributed by atoms with Crippen LogP contribution in [0.3, 0.4) is 0 Å². The number of hydrogen-bond donors (Lipinski definition) is 2. The first-order valence-corrected chi connectivity index (χ1v) is 6.95. The first-order valence-electron chi connectivity index (χ1n) is 4.59. The van der Waals surface area contributed by atoms with Gasteiger partial charge in [0.15, 0.2) is 9.70 Å². The number of thiazole rings is 1. The maximum atomic E-state index is 9.99. The molecule has 0 aliphatic carbocycles. The maximum Gasteiger partial charge on any atom is 0.161 e. The maximum absolute atomic E-state index is 9.99. The molecule has 0 atom stereocenters. The molecule has 1 aromatic carbocycles. The number of aromatic hydroxyl groups is 2. The first-order chi connectivity index (χ1) is 8.34. The van der Waals surface area contributed by atoms with E-state index in [2.05, 4.69) is 0 Å². The summed E-state index contributed by atoms with van der Waals surface area (Å²) in [6.07, 6.45) is 1.69. The Morgan fingerprint density at radius 3 is 2.17 bits per heavy atom. The minimum Gasteiger partial charge on any atom is -0.506 e. The van der Waals surface area contributed by atoms with Crippen LogP contribution in [0, 0.1) is 3.95 Å². The second-order valence-electron chi connectivity index (χ2n) is 3.49. The highest BCUT2D eigenvalue weighted by atomic mass is 35.5. The monoisotopic (exact) mass is 341 g/mol. The number of nitrogens with zero attached hydrogens (tertiary/aromatic N) is 1. The smallest absolute Gasteiger partial charge is 0.161 e. The zero-order valence-corrected chi connectivity index (χ0v) is 12.8. The quantitative estimate of drug-likeness (QED) is 0.442. The predicted octanol–water partition coefficient (Wildman–Crippen LogP) is 4.85. The lowest BCUT2D eigenvalue weighted by atomic mass is 10.1. The van der Waals surface area contributed by atoms with Crippen LogP contribution in [0.1, 0.15) is 0 Å². The van der Waals surface area contributed by atoms with Gasteiger partial charge in [-0.25, -0.2) is 0 Å². The minimum absolute atomic E-state index is 0.0567. The van der Waals surface area contributed by atoms with E-state index in [1.54, 1.807) is 17.8 Å². The van der Waals surface area contributed by atoms with Crippen molar-refractivity contribution in [1.82, 2.24) is 4.57 Å². The summed E-state index contributed by atoms with van der Waals surface area (Å²) in [6, 6.07) is 0. The van der Waals surface area contributed by atoms with E-state index in [1.807, 2.05) is 0 Å². The van der Waals surface area contributed by atoms with Crippen LogP contribution in [-0.4, -0.2) is 14.8 Å². The Hall–Kier alpha value is -0.460. The number of phenols is 2. The first kappa shape index (κ1) is 14.0. The Bertz CT molecular complexity index is 664. The number of benzene rings is 1. The highest BCUT2D eigenvalue weighted by Crippen LogP contribution is 2.51. The van der Waals surface area contributed by atoms with Crippen molar-refractivity contribution in [3.63, 3.8) is 0 Å².